The van der Waals surface area contributed by atoms with Gasteiger partial charge in [0, 0.05) is 26.4 Å². The molecule has 1 N–H and O–H groups in total. The molecule has 2 unspecified atom stereocenters. The van der Waals surface area contributed by atoms with Crippen molar-refractivity contribution in [3.63, 3.8) is 0 Å². The molecule has 0 aliphatic heterocycles. The van der Waals surface area contributed by atoms with Crippen LogP contribution in [-0.4, -0.2) is 29.0 Å². The summed E-state index contributed by atoms with van der Waals surface area (Å²) in [7, 11) is 3.67. The first-order valence-corrected chi connectivity index (χ1v) is 5.40. The minimum Gasteiger partial charge on any atom is -0.380 e. The summed E-state index contributed by atoms with van der Waals surface area (Å²) in [5.74, 6) is 0. The Morgan fingerprint density at radius 1 is 1.53 bits per heavy atom. The third kappa shape index (κ3) is 2.96. The van der Waals surface area contributed by atoms with Crippen molar-refractivity contribution in [1.82, 2.24) is 9.78 Å². The highest BCUT2D eigenvalue weighted by Gasteiger charge is 2.13. The van der Waals surface area contributed by atoms with Crippen LogP contribution in [0.3, 0.4) is 0 Å². The zero-order chi connectivity index (χ0) is 11.4. The zero-order valence-corrected chi connectivity index (χ0v) is 10.2. The first kappa shape index (κ1) is 12.0. The molecule has 4 heteroatoms. The maximum absolute atomic E-state index is 5.27. The summed E-state index contributed by atoms with van der Waals surface area (Å²) in [4.78, 5) is 0. The number of ether oxygens (including phenoxy) is 1. The lowest BCUT2D eigenvalue weighted by Crippen LogP contribution is -2.29. The van der Waals surface area contributed by atoms with Crippen molar-refractivity contribution in [2.24, 2.45) is 7.05 Å². The predicted octanol–water partition coefficient (Wildman–Crippen LogP) is 1.82. The molecule has 0 aliphatic carbocycles. The molecule has 0 fully saturated rings. The fraction of sp³-hybridized carbons (Fsp3) is 0.727. The molecule has 0 bridgehead atoms. The lowest BCUT2D eigenvalue weighted by molar-refractivity contribution is 0.106. The minimum absolute atomic E-state index is 0.190. The highest BCUT2D eigenvalue weighted by molar-refractivity contribution is 5.47. The second-order valence-electron chi connectivity index (χ2n) is 3.89. The molecule has 86 valence electrons. The van der Waals surface area contributed by atoms with E-state index in [1.54, 1.807) is 7.11 Å². The van der Waals surface area contributed by atoms with Gasteiger partial charge in [-0.05, 0) is 20.3 Å². The van der Waals surface area contributed by atoms with Gasteiger partial charge in [-0.3, -0.25) is 4.68 Å². The van der Waals surface area contributed by atoms with E-state index in [9.17, 15) is 0 Å². The van der Waals surface area contributed by atoms with Gasteiger partial charge in [0.15, 0.2) is 0 Å². The Kier molecular flexibility index (Phi) is 4.15. The van der Waals surface area contributed by atoms with E-state index in [0.29, 0.717) is 0 Å². The van der Waals surface area contributed by atoms with Gasteiger partial charge in [-0.15, -0.1) is 0 Å². The third-order valence-corrected chi connectivity index (χ3v) is 2.70. The summed E-state index contributed by atoms with van der Waals surface area (Å²) in [5, 5.41) is 7.81. The van der Waals surface area contributed by atoms with Gasteiger partial charge in [-0.1, -0.05) is 6.92 Å². The van der Waals surface area contributed by atoms with Crippen molar-refractivity contribution in [3.8, 4) is 0 Å². The number of aryl methyl sites for hydroxylation is 2. The summed E-state index contributed by atoms with van der Waals surface area (Å²) in [5.41, 5.74) is 2.21. The third-order valence-electron chi connectivity index (χ3n) is 2.70. The van der Waals surface area contributed by atoms with Gasteiger partial charge in [0.2, 0.25) is 0 Å². The molecular formula is C11H21N3O. The maximum Gasteiger partial charge on any atom is 0.0853 e. The van der Waals surface area contributed by atoms with Crippen molar-refractivity contribution in [3.05, 3.63) is 11.9 Å². The van der Waals surface area contributed by atoms with Gasteiger partial charge >= 0.3 is 0 Å². The van der Waals surface area contributed by atoms with E-state index in [0.717, 1.165) is 17.8 Å². The molecule has 2 atom stereocenters. The molecule has 1 aromatic rings. The van der Waals surface area contributed by atoms with E-state index in [2.05, 4.69) is 31.2 Å². The topological polar surface area (TPSA) is 39.1 Å². The Hall–Kier alpha value is -1.03. The SMILES string of the molecule is CCc1nn(C)cc1NC(C)C(C)OC. The molecule has 1 rings (SSSR count). The van der Waals surface area contributed by atoms with E-state index < -0.39 is 0 Å². The average molecular weight is 211 g/mol. The van der Waals surface area contributed by atoms with Crippen LogP contribution in [0, 0.1) is 0 Å². The molecule has 0 radical (unpaired) electrons. The zero-order valence-electron chi connectivity index (χ0n) is 10.2. The van der Waals surface area contributed by atoms with Crippen LogP contribution in [-0.2, 0) is 18.2 Å². The number of hydrogen-bond donors (Lipinski definition) is 1. The molecule has 0 spiro atoms. The van der Waals surface area contributed by atoms with Crippen LogP contribution < -0.4 is 5.32 Å². The fourth-order valence-electron chi connectivity index (χ4n) is 1.48. The Balaban J connectivity index is 2.70. The molecule has 4 nitrogen and oxygen atoms in total. The van der Waals surface area contributed by atoms with Crippen molar-refractivity contribution < 1.29 is 4.74 Å². The van der Waals surface area contributed by atoms with Gasteiger partial charge in [0.1, 0.15) is 0 Å². The Labute approximate surface area is 91.6 Å². The van der Waals surface area contributed by atoms with E-state index in [-0.39, 0.29) is 12.1 Å². The molecule has 0 aromatic carbocycles. The molecule has 1 heterocycles. The molecule has 1 aromatic heterocycles. The number of rotatable bonds is 5. The number of aromatic nitrogens is 2. The largest absolute Gasteiger partial charge is 0.380 e. The maximum atomic E-state index is 5.27. The number of anilines is 1. The van der Waals surface area contributed by atoms with Gasteiger partial charge in [0.05, 0.1) is 17.5 Å². The van der Waals surface area contributed by atoms with Crippen LogP contribution in [0.4, 0.5) is 5.69 Å². The lowest BCUT2D eigenvalue weighted by atomic mass is 10.2. The Morgan fingerprint density at radius 3 is 2.73 bits per heavy atom. The van der Waals surface area contributed by atoms with Crippen LogP contribution >= 0.6 is 0 Å². The molecule has 0 amide bonds. The van der Waals surface area contributed by atoms with Crippen LogP contribution in [0.25, 0.3) is 0 Å². The van der Waals surface area contributed by atoms with Crippen molar-refractivity contribution in [2.45, 2.75) is 39.3 Å². The predicted molar refractivity (Wildman–Crippen MR) is 62.1 cm³/mol. The van der Waals surface area contributed by atoms with Crippen molar-refractivity contribution in [1.29, 1.82) is 0 Å². The van der Waals surface area contributed by atoms with Gasteiger partial charge < -0.3 is 10.1 Å². The van der Waals surface area contributed by atoms with Crippen LogP contribution in [0.5, 0.6) is 0 Å². The van der Waals surface area contributed by atoms with Crippen molar-refractivity contribution in [2.75, 3.05) is 12.4 Å². The summed E-state index contributed by atoms with van der Waals surface area (Å²) in [6.07, 6.45) is 3.14. The minimum atomic E-state index is 0.190. The molecule has 0 saturated heterocycles. The quantitative estimate of drug-likeness (QED) is 0.807. The number of methoxy groups -OCH3 is 1. The highest BCUT2D eigenvalue weighted by Crippen LogP contribution is 2.16. The smallest absolute Gasteiger partial charge is 0.0853 e. The molecule has 15 heavy (non-hydrogen) atoms. The molecule has 0 saturated carbocycles. The van der Waals surface area contributed by atoms with E-state index in [4.69, 9.17) is 4.74 Å². The van der Waals surface area contributed by atoms with Crippen LogP contribution in [0.15, 0.2) is 6.20 Å². The Morgan fingerprint density at radius 2 is 2.20 bits per heavy atom. The fourth-order valence-corrected chi connectivity index (χ4v) is 1.48. The van der Waals surface area contributed by atoms with E-state index >= 15 is 0 Å². The van der Waals surface area contributed by atoms with E-state index in [1.165, 1.54) is 0 Å². The van der Waals surface area contributed by atoms with E-state index in [1.807, 2.05) is 17.9 Å². The second-order valence-corrected chi connectivity index (χ2v) is 3.89. The van der Waals surface area contributed by atoms with Gasteiger partial charge in [-0.2, -0.15) is 5.10 Å². The Bertz CT molecular complexity index is 309. The molecule has 0 aliphatic rings. The van der Waals surface area contributed by atoms with Crippen molar-refractivity contribution >= 4 is 5.69 Å². The normalized spacial score (nSPS) is 15.0. The second kappa shape index (κ2) is 5.16. The van der Waals surface area contributed by atoms with Gasteiger partial charge in [-0.25, -0.2) is 0 Å². The summed E-state index contributed by atoms with van der Waals surface area (Å²) < 4.78 is 7.11. The summed E-state index contributed by atoms with van der Waals surface area (Å²) >= 11 is 0. The number of nitrogens with one attached hydrogen (secondary N) is 1. The first-order valence-electron chi connectivity index (χ1n) is 5.40. The highest BCUT2D eigenvalue weighted by atomic mass is 16.5. The van der Waals surface area contributed by atoms with Crippen LogP contribution in [0.1, 0.15) is 26.5 Å². The summed E-state index contributed by atoms with van der Waals surface area (Å²) in [6, 6.07) is 0.282. The first-order chi connectivity index (χ1) is 7.08. The number of nitrogens with zero attached hydrogens (tertiary/aromatic N) is 2. The monoisotopic (exact) mass is 211 g/mol. The standard InChI is InChI=1S/C11H21N3O/c1-6-10-11(7-14(4)13-10)12-8(2)9(3)15-5/h7-9,12H,6H2,1-5H3. The summed E-state index contributed by atoms with van der Waals surface area (Å²) in [6.45, 7) is 6.28. The lowest BCUT2D eigenvalue weighted by Gasteiger charge is -2.20. The molecular weight excluding hydrogens is 190 g/mol. The van der Waals surface area contributed by atoms with Gasteiger partial charge in [0.25, 0.3) is 0 Å². The van der Waals surface area contributed by atoms with Crippen LogP contribution in [0.2, 0.25) is 0 Å². The average Bonchev–Trinajstić information content (AvgIpc) is 2.57. The number of hydrogen-bond acceptors (Lipinski definition) is 3.